The van der Waals surface area contributed by atoms with E-state index < -0.39 is 0 Å². The summed E-state index contributed by atoms with van der Waals surface area (Å²) in [7, 11) is 2.09. The molecule has 4 nitrogen and oxygen atoms in total. The lowest BCUT2D eigenvalue weighted by Gasteiger charge is -2.14. The van der Waals surface area contributed by atoms with Gasteiger partial charge in [-0.2, -0.15) is 0 Å². The lowest BCUT2D eigenvalue weighted by molar-refractivity contribution is 0.345. The average molecular weight is 224 g/mol. The number of rotatable bonds is 7. The van der Waals surface area contributed by atoms with E-state index in [4.69, 9.17) is 0 Å². The van der Waals surface area contributed by atoms with Crippen LogP contribution in [0.2, 0.25) is 0 Å². The molecule has 4 heteroatoms. The Labute approximate surface area is 96.0 Å². The van der Waals surface area contributed by atoms with Gasteiger partial charge >= 0.3 is 0 Å². The molecule has 0 amide bonds. The number of nitrogens with one attached hydrogen (secondary N) is 1. The number of hydrogen-bond donors (Lipinski definition) is 1. The number of hydrogen-bond acceptors (Lipinski definition) is 4. The van der Waals surface area contributed by atoms with Crippen molar-refractivity contribution in [2.24, 2.45) is 0 Å². The molecule has 0 atom stereocenters. The third-order valence-electron chi connectivity index (χ3n) is 2.96. The number of anilines is 1. The van der Waals surface area contributed by atoms with Gasteiger partial charge in [0.15, 0.2) is 0 Å². The summed E-state index contributed by atoms with van der Waals surface area (Å²) in [6.45, 7) is 6.72. The van der Waals surface area contributed by atoms with E-state index in [1.165, 1.54) is 0 Å². The van der Waals surface area contributed by atoms with Gasteiger partial charge in [-0.25, -0.2) is 0 Å². The van der Waals surface area contributed by atoms with Crippen LogP contribution in [-0.4, -0.2) is 31.6 Å². The van der Waals surface area contributed by atoms with Crippen LogP contribution in [0.4, 0.5) is 5.69 Å². The van der Waals surface area contributed by atoms with Gasteiger partial charge in [-0.3, -0.25) is 9.59 Å². The monoisotopic (exact) mass is 224 g/mol. The van der Waals surface area contributed by atoms with Crippen LogP contribution in [0.25, 0.3) is 0 Å². The fourth-order valence-electron chi connectivity index (χ4n) is 1.60. The molecule has 0 heterocycles. The zero-order chi connectivity index (χ0) is 12.1. The SMILES string of the molecule is CCN(C)CCCCNc1c(C)c(=O)c1=O. The number of unbranched alkanes of at least 4 members (excludes halogenated alkanes) is 1. The van der Waals surface area contributed by atoms with Crippen LogP contribution in [-0.2, 0) is 0 Å². The van der Waals surface area contributed by atoms with Gasteiger partial charge in [-0.15, -0.1) is 0 Å². The molecule has 0 bridgehead atoms. The number of nitrogens with zero attached hydrogens (tertiary/aromatic N) is 1. The van der Waals surface area contributed by atoms with Gasteiger partial charge in [-0.1, -0.05) is 6.92 Å². The largest absolute Gasteiger partial charge is 0.381 e. The highest BCUT2D eigenvalue weighted by molar-refractivity contribution is 5.55. The van der Waals surface area contributed by atoms with Crippen LogP contribution in [0.15, 0.2) is 9.59 Å². The fraction of sp³-hybridized carbons (Fsp3) is 0.667. The highest BCUT2D eigenvalue weighted by Gasteiger charge is 2.15. The van der Waals surface area contributed by atoms with Crippen LogP contribution >= 0.6 is 0 Å². The van der Waals surface area contributed by atoms with Crippen LogP contribution in [0.1, 0.15) is 25.3 Å². The third kappa shape index (κ3) is 2.92. The summed E-state index contributed by atoms with van der Waals surface area (Å²) in [6, 6.07) is 0. The van der Waals surface area contributed by atoms with Crippen molar-refractivity contribution in [3.05, 3.63) is 26.0 Å². The van der Waals surface area contributed by atoms with Crippen LogP contribution in [0, 0.1) is 6.92 Å². The molecule has 1 N–H and O–H groups in total. The quantitative estimate of drug-likeness (QED) is 0.548. The van der Waals surface area contributed by atoms with Crippen molar-refractivity contribution in [1.29, 1.82) is 0 Å². The van der Waals surface area contributed by atoms with E-state index in [9.17, 15) is 9.59 Å². The van der Waals surface area contributed by atoms with E-state index in [1.807, 2.05) is 0 Å². The first kappa shape index (κ1) is 12.9. The van der Waals surface area contributed by atoms with E-state index in [0.717, 1.165) is 32.5 Å². The zero-order valence-corrected chi connectivity index (χ0v) is 10.3. The van der Waals surface area contributed by atoms with Crippen LogP contribution in [0.3, 0.4) is 0 Å². The summed E-state index contributed by atoms with van der Waals surface area (Å²) < 4.78 is 0. The standard InChI is InChI=1S/C12H20N2O2/c1-4-14(3)8-6-5-7-13-10-9(2)11(15)12(10)16/h13H,4-8H2,1-3H3. The molecule has 0 aromatic heterocycles. The van der Waals surface area contributed by atoms with Gasteiger partial charge in [0.1, 0.15) is 0 Å². The predicted octanol–water partition coefficient (Wildman–Crippen LogP) is 0.735. The van der Waals surface area contributed by atoms with Gasteiger partial charge in [-0.05, 0) is 39.9 Å². The molecule has 16 heavy (non-hydrogen) atoms. The Kier molecular flexibility index (Phi) is 4.68. The first-order chi connectivity index (χ1) is 7.57. The van der Waals surface area contributed by atoms with Gasteiger partial charge in [0, 0.05) is 12.1 Å². The molecule has 0 aliphatic carbocycles. The van der Waals surface area contributed by atoms with Crippen LogP contribution in [0.5, 0.6) is 0 Å². The van der Waals surface area contributed by atoms with Crippen molar-refractivity contribution < 1.29 is 0 Å². The molecule has 1 aromatic rings. The van der Waals surface area contributed by atoms with Crippen molar-refractivity contribution in [3.8, 4) is 0 Å². The first-order valence-electron chi connectivity index (χ1n) is 5.80. The van der Waals surface area contributed by atoms with E-state index in [2.05, 4.69) is 24.2 Å². The first-order valence-corrected chi connectivity index (χ1v) is 5.80. The Balaban J connectivity index is 2.18. The molecule has 0 saturated heterocycles. The van der Waals surface area contributed by atoms with E-state index in [1.54, 1.807) is 6.92 Å². The Hall–Kier alpha value is -1.16. The lowest BCUT2D eigenvalue weighted by atomic mass is 10.1. The Morgan fingerprint density at radius 3 is 2.44 bits per heavy atom. The maximum Gasteiger partial charge on any atom is 0.249 e. The third-order valence-corrected chi connectivity index (χ3v) is 2.96. The van der Waals surface area contributed by atoms with Gasteiger partial charge in [0.2, 0.25) is 10.9 Å². The summed E-state index contributed by atoms with van der Waals surface area (Å²) in [6.07, 6.45) is 2.12. The summed E-state index contributed by atoms with van der Waals surface area (Å²) in [5.41, 5.74) is 0.404. The maximum absolute atomic E-state index is 11.1. The maximum atomic E-state index is 11.1. The smallest absolute Gasteiger partial charge is 0.249 e. The summed E-state index contributed by atoms with van der Waals surface area (Å²) in [5, 5.41) is 3.03. The van der Waals surface area contributed by atoms with Crippen molar-refractivity contribution >= 4 is 5.69 Å². The fourth-order valence-corrected chi connectivity index (χ4v) is 1.60. The Morgan fingerprint density at radius 1 is 1.19 bits per heavy atom. The average Bonchev–Trinajstić information content (AvgIpc) is 2.31. The topological polar surface area (TPSA) is 49.4 Å². The van der Waals surface area contributed by atoms with Crippen molar-refractivity contribution in [3.63, 3.8) is 0 Å². The second kappa shape index (κ2) is 5.80. The second-order valence-electron chi connectivity index (χ2n) is 4.19. The summed E-state index contributed by atoms with van der Waals surface area (Å²) in [5.74, 6) is 0. The normalized spacial score (nSPS) is 11.2. The summed E-state index contributed by atoms with van der Waals surface area (Å²) in [4.78, 5) is 24.3. The zero-order valence-electron chi connectivity index (χ0n) is 10.3. The molecule has 0 aliphatic rings. The lowest BCUT2D eigenvalue weighted by Crippen LogP contribution is -2.37. The van der Waals surface area contributed by atoms with Crippen molar-refractivity contribution in [2.45, 2.75) is 26.7 Å². The molecule has 0 radical (unpaired) electrons. The minimum atomic E-state index is -0.358. The second-order valence-corrected chi connectivity index (χ2v) is 4.19. The molecule has 90 valence electrons. The van der Waals surface area contributed by atoms with Gasteiger partial charge in [0.05, 0.1) is 5.69 Å². The van der Waals surface area contributed by atoms with E-state index in [-0.39, 0.29) is 10.9 Å². The molecule has 1 rings (SSSR count). The van der Waals surface area contributed by atoms with Crippen molar-refractivity contribution in [1.82, 2.24) is 4.90 Å². The van der Waals surface area contributed by atoms with Gasteiger partial charge < -0.3 is 10.2 Å². The highest BCUT2D eigenvalue weighted by atomic mass is 16.2. The molecule has 0 saturated carbocycles. The minimum Gasteiger partial charge on any atom is -0.381 e. The molecular weight excluding hydrogens is 204 g/mol. The van der Waals surface area contributed by atoms with E-state index >= 15 is 0 Å². The Morgan fingerprint density at radius 2 is 1.88 bits per heavy atom. The molecule has 0 unspecified atom stereocenters. The highest BCUT2D eigenvalue weighted by Crippen LogP contribution is 2.05. The molecule has 0 spiro atoms. The minimum absolute atomic E-state index is 0.340. The Bertz CT molecular complexity index is 405. The van der Waals surface area contributed by atoms with E-state index in [0.29, 0.717) is 11.3 Å². The van der Waals surface area contributed by atoms with Crippen molar-refractivity contribution in [2.75, 3.05) is 32.0 Å². The van der Waals surface area contributed by atoms with Crippen LogP contribution < -0.4 is 16.2 Å². The molecule has 0 fully saturated rings. The summed E-state index contributed by atoms with van der Waals surface area (Å²) >= 11 is 0. The molecule has 1 aromatic carbocycles. The van der Waals surface area contributed by atoms with Gasteiger partial charge in [0.25, 0.3) is 0 Å². The molecular formula is C12H20N2O2. The predicted molar refractivity (Wildman–Crippen MR) is 67.0 cm³/mol. The molecule has 0 aliphatic heterocycles.